The van der Waals surface area contributed by atoms with Crippen molar-refractivity contribution in [3.05, 3.63) is 43.2 Å². The van der Waals surface area contributed by atoms with Crippen molar-refractivity contribution in [3.63, 3.8) is 0 Å². The van der Waals surface area contributed by atoms with Crippen LogP contribution in [0.1, 0.15) is 25.3 Å². The van der Waals surface area contributed by atoms with Crippen molar-refractivity contribution in [3.8, 4) is 5.75 Å². The quantitative estimate of drug-likeness (QED) is 0.177. The standard InChI is InChI=1S/C18H27N2O6.CH3.K/c1-2-16(21)7-9-23-11-12-24-10-8-20-18(22)14-25-17-5-3-15(4-6-17)13-26-19;;/h3-6,19H,2,7-14H2,1H3,(H,20,22);1H3;/q2*-1;+1. The van der Waals surface area contributed by atoms with E-state index in [-0.39, 0.29) is 83.7 Å². The molecule has 9 heteroatoms. The average molecular weight is 422 g/mol. The predicted molar refractivity (Wildman–Crippen MR) is 102 cm³/mol. The molecule has 28 heavy (non-hydrogen) atoms. The summed E-state index contributed by atoms with van der Waals surface area (Å²) in [5.74, 6) is 7.20. The molecule has 0 spiro atoms. The Balaban J connectivity index is 0. The summed E-state index contributed by atoms with van der Waals surface area (Å²) in [5.41, 5.74) is 0.856. The summed E-state index contributed by atoms with van der Waals surface area (Å²) in [5, 5.41) is 2.69. The van der Waals surface area contributed by atoms with Gasteiger partial charge in [-0.05, 0) is 17.7 Å². The molecule has 0 aliphatic rings. The Morgan fingerprint density at radius 3 is 2.29 bits per heavy atom. The maximum Gasteiger partial charge on any atom is 1.00 e. The van der Waals surface area contributed by atoms with Crippen LogP contribution in [0.3, 0.4) is 0 Å². The summed E-state index contributed by atoms with van der Waals surface area (Å²) in [7, 11) is 0. The van der Waals surface area contributed by atoms with Gasteiger partial charge in [0.25, 0.3) is 5.91 Å². The van der Waals surface area contributed by atoms with Gasteiger partial charge in [0.2, 0.25) is 0 Å². The summed E-state index contributed by atoms with van der Waals surface area (Å²) >= 11 is 0. The van der Waals surface area contributed by atoms with E-state index in [0.717, 1.165) is 5.56 Å². The first-order valence-corrected chi connectivity index (χ1v) is 8.59. The normalized spacial score (nSPS) is 9.79. The van der Waals surface area contributed by atoms with Crippen molar-refractivity contribution in [2.24, 2.45) is 0 Å². The zero-order valence-corrected chi connectivity index (χ0v) is 20.2. The van der Waals surface area contributed by atoms with Crippen molar-refractivity contribution >= 4 is 11.7 Å². The molecule has 1 aromatic rings. The Bertz CT molecular complexity index is 528. The van der Waals surface area contributed by atoms with Gasteiger partial charge in [-0.25, -0.2) is 0 Å². The third kappa shape index (κ3) is 15.5. The largest absolute Gasteiger partial charge is 1.00 e. The molecule has 8 nitrogen and oxygen atoms in total. The number of hydrogen-bond donors (Lipinski definition) is 1. The van der Waals surface area contributed by atoms with E-state index in [1.54, 1.807) is 24.3 Å². The van der Waals surface area contributed by atoms with Crippen LogP contribution < -0.4 is 61.4 Å². The topological polar surface area (TPSA) is 107 Å². The summed E-state index contributed by atoms with van der Waals surface area (Å²) in [4.78, 5) is 27.0. The predicted octanol–water partition coefficient (Wildman–Crippen LogP) is -0.478. The van der Waals surface area contributed by atoms with E-state index in [1.807, 2.05) is 6.92 Å². The van der Waals surface area contributed by atoms with Crippen molar-refractivity contribution in [2.75, 3.05) is 39.6 Å². The van der Waals surface area contributed by atoms with Gasteiger partial charge < -0.3 is 37.7 Å². The van der Waals surface area contributed by atoms with E-state index in [1.165, 1.54) is 0 Å². The minimum Gasteiger partial charge on any atom is -0.549 e. The first-order valence-electron chi connectivity index (χ1n) is 8.59. The molecular weight excluding hydrogens is 391 g/mol. The maximum absolute atomic E-state index is 11.7. The van der Waals surface area contributed by atoms with E-state index >= 15 is 0 Å². The molecular formula is C19H30KN2O6-. The van der Waals surface area contributed by atoms with Gasteiger partial charge in [-0.2, -0.15) is 0 Å². The van der Waals surface area contributed by atoms with E-state index in [2.05, 4.69) is 10.2 Å². The molecule has 2 N–H and O–H groups in total. The van der Waals surface area contributed by atoms with Crippen LogP contribution in [-0.4, -0.2) is 51.3 Å². The monoisotopic (exact) mass is 421 g/mol. The zero-order valence-electron chi connectivity index (χ0n) is 17.1. The minimum absolute atomic E-state index is 0. The number of ether oxygens (including phenoxy) is 3. The molecule has 0 heterocycles. The van der Waals surface area contributed by atoms with Crippen molar-refractivity contribution in [2.45, 2.75) is 26.4 Å². The second-order valence-corrected chi connectivity index (χ2v) is 5.44. The Hall–Kier alpha value is -0.364. The van der Waals surface area contributed by atoms with Crippen LogP contribution in [0, 0.1) is 7.43 Å². The first-order chi connectivity index (χ1) is 12.7. The summed E-state index contributed by atoms with van der Waals surface area (Å²) in [6, 6.07) is 6.99. The molecule has 0 saturated carbocycles. The number of nitrogens with one attached hydrogen (secondary N) is 2. The molecule has 1 amide bonds. The molecule has 0 unspecified atom stereocenters. The number of carbonyl (C=O) groups is 2. The molecule has 154 valence electrons. The fourth-order valence-corrected chi connectivity index (χ4v) is 1.91. The SMILES string of the molecule is CCC(=O)CCOCCOCCNC(=O)COc1ccc(CO[NH-])cc1.[CH3-].[K+]. The van der Waals surface area contributed by atoms with Gasteiger partial charge in [-0.15, -0.1) is 0 Å². The molecule has 0 saturated heterocycles. The number of amides is 1. The fraction of sp³-hybridized carbons (Fsp3) is 0.526. The van der Waals surface area contributed by atoms with Crippen molar-refractivity contribution < 1.29 is 80.0 Å². The van der Waals surface area contributed by atoms with Crippen LogP contribution in [0.5, 0.6) is 5.75 Å². The van der Waals surface area contributed by atoms with Gasteiger partial charge in [0.15, 0.2) is 6.61 Å². The zero-order chi connectivity index (χ0) is 19.0. The van der Waals surface area contributed by atoms with Crippen LogP contribution in [0.2, 0.25) is 0 Å². The third-order valence-electron chi connectivity index (χ3n) is 3.39. The number of Topliss-reactive ketones (excluding diaryl/α,β-unsaturated/α-hetero) is 1. The molecule has 1 aromatic carbocycles. The summed E-state index contributed by atoms with van der Waals surface area (Å²) in [6.45, 7) is 3.99. The third-order valence-corrected chi connectivity index (χ3v) is 3.39. The molecule has 0 bridgehead atoms. The number of hydrogen-bond acceptors (Lipinski definition) is 6. The van der Waals surface area contributed by atoms with Gasteiger partial charge in [0, 0.05) is 19.4 Å². The van der Waals surface area contributed by atoms with Gasteiger partial charge in [-0.3, -0.25) is 9.59 Å². The van der Waals surface area contributed by atoms with E-state index in [0.29, 0.717) is 51.6 Å². The Kier molecular flexibility index (Phi) is 21.2. The molecule has 0 radical (unpaired) electrons. The molecule has 1 rings (SSSR count). The molecule has 0 atom stereocenters. The van der Waals surface area contributed by atoms with Crippen molar-refractivity contribution in [1.29, 1.82) is 0 Å². The van der Waals surface area contributed by atoms with Gasteiger partial charge in [0.1, 0.15) is 11.5 Å². The Morgan fingerprint density at radius 1 is 1.04 bits per heavy atom. The van der Waals surface area contributed by atoms with Gasteiger partial charge in [-0.1, -0.05) is 19.1 Å². The summed E-state index contributed by atoms with van der Waals surface area (Å²) < 4.78 is 16.0. The van der Waals surface area contributed by atoms with Crippen LogP contribution in [0.25, 0.3) is 5.90 Å². The molecule has 0 fully saturated rings. The van der Waals surface area contributed by atoms with E-state index in [9.17, 15) is 9.59 Å². The van der Waals surface area contributed by atoms with Crippen LogP contribution >= 0.6 is 0 Å². The van der Waals surface area contributed by atoms with Crippen LogP contribution in [-0.2, 0) is 30.5 Å². The van der Waals surface area contributed by atoms with E-state index < -0.39 is 0 Å². The Morgan fingerprint density at radius 2 is 1.68 bits per heavy atom. The molecule has 0 aliphatic carbocycles. The average Bonchev–Trinajstić information content (AvgIpc) is 2.66. The second kappa shape index (κ2) is 19.9. The van der Waals surface area contributed by atoms with Gasteiger partial charge >= 0.3 is 51.4 Å². The number of carbonyl (C=O) groups excluding carboxylic acids is 2. The van der Waals surface area contributed by atoms with E-state index in [4.69, 9.17) is 20.1 Å². The molecule has 0 aromatic heterocycles. The second-order valence-electron chi connectivity index (χ2n) is 5.44. The van der Waals surface area contributed by atoms with Crippen LogP contribution in [0.4, 0.5) is 0 Å². The molecule has 0 aliphatic heterocycles. The first kappa shape index (κ1) is 29.8. The smallest absolute Gasteiger partial charge is 0.549 e. The summed E-state index contributed by atoms with van der Waals surface area (Å²) in [6.07, 6.45) is 0.975. The maximum atomic E-state index is 11.7. The fourth-order valence-electron chi connectivity index (χ4n) is 1.91. The number of rotatable bonds is 15. The van der Waals surface area contributed by atoms with Crippen molar-refractivity contribution in [1.82, 2.24) is 5.32 Å². The number of benzene rings is 1. The van der Waals surface area contributed by atoms with Crippen LogP contribution in [0.15, 0.2) is 24.3 Å². The van der Waals surface area contributed by atoms with Gasteiger partial charge in [0.05, 0.1) is 33.0 Å². The Labute approximate surface area is 210 Å². The minimum atomic E-state index is -0.235. The number of ketones is 1.